The van der Waals surface area contributed by atoms with Crippen LogP contribution in [0.4, 0.5) is 0 Å². The topological polar surface area (TPSA) is 73.0 Å². The van der Waals surface area contributed by atoms with Crippen molar-refractivity contribution < 1.29 is 4.79 Å². The number of hydrogen-bond acceptors (Lipinski definition) is 4. The quantitative estimate of drug-likeness (QED) is 0.536. The van der Waals surface area contributed by atoms with Gasteiger partial charge in [0.2, 0.25) is 5.91 Å². The molecule has 178 valence electrons. The van der Waals surface area contributed by atoms with Crippen molar-refractivity contribution in [1.29, 1.82) is 0 Å². The minimum atomic E-state index is 0. The van der Waals surface area contributed by atoms with Gasteiger partial charge in [-0.15, -0.1) is 24.8 Å². The van der Waals surface area contributed by atoms with E-state index in [0.29, 0.717) is 24.9 Å². The van der Waals surface area contributed by atoms with Crippen LogP contribution in [0.2, 0.25) is 0 Å². The van der Waals surface area contributed by atoms with Crippen molar-refractivity contribution in [3.05, 3.63) is 52.8 Å². The van der Waals surface area contributed by atoms with Crippen molar-refractivity contribution in [2.24, 2.45) is 11.8 Å². The highest BCUT2D eigenvalue weighted by Gasteiger charge is 2.36. The first kappa shape index (κ1) is 26.7. The summed E-state index contributed by atoms with van der Waals surface area (Å²) in [5.41, 5.74) is 4.50. The summed E-state index contributed by atoms with van der Waals surface area (Å²) >= 11 is 0. The fraction of sp³-hybridized carbons (Fsp3) is 0.583. The number of fused-ring (bicyclic) bond motifs is 2. The van der Waals surface area contributed by atoms with Crippen LogP contribution >= 0.6 is 24.8 Å². The number of piperidine rings is 2. The fourth-order valence-corrected chi connectivity index (χ4v) is 5.17. The number of nitrogens with one attached hydrogen (secondary N) is 3. The lowest BCUT2D eigenvalue weighted by Gasteiger charge is -2.46. The predicted molar refractivity (Wildman–Crippen MR) is 133 cm³/mol. The number of rotatable bonds is 8. The molecule has 1 aromatic carbocycles. The fourth-order valence-electron chi connectivity index (χ4n) is 5.17. The summed E-state index contributed by atoms with van der Waals surface area (Å²) in [4.78, 5) is 14.9. The molecule has 0 saturated carbocycles. The predicted octanol–water partition coefficient (Wildman–Crippen LogP) is 3.77. The Hall–Kier alpha value is -1.60. The molecule has 3 heterocycles. The van der Waals surface area contributed by atoms with E-state index in [1.54, 1.807) is 0 Å². The number of halogens is 2. The number of aryl methyl sites for hydroxylation is 2. The molecule has 0 radical (unpaired) electrons. The van der Waals surface area contributed by atoms with Crippen LogP contribution in [0.15, 0.2) is 30.3 Å². The molecule has 1 aromatic heterocycles. The van der Waals surface area contributed by atoms with E-state index >= 15 is 0 Å². The first-order chi connectivity index (χ1) is 14.6. The Morgan fingerprint density at radius 3 is 2.69 bits per heavy atom. The average molecular weight is 483 g/mol. The smallest absolute Gasteiger partial charge is 0.220 e. The van der Waals surface area contributed by atoms with Gasteiger partial charge in [-0.1, -0.05) is 30.3 Å². The van der Waals surface area contributed by atoms with Crippen molar-refractivity contribution in [3.8, 4) is 0 Å². The molecule has 2 aliphatic heterocycles. The van der Waals surface area contributed by atoms with E-state index in [4.69, 9.17) is 0 Å². The van der Waals surface area contributed by atoms with Crippen molar-refractivity contribution in [2.75, 3.05) is 19.6 Å². The molecule has 1 amide bonds. The van der Waals surface area contributed by atoms with E-state index in [0.717, 1.165) is 55.3 Å². The summed E-state index contributed by atoms with van der Waals surface area (Å²) < 4.78 is 0. The largest absolute Gasteiger partial charge is 0.352 e. The molecule has 0 spiro atoms. The molecule has 3 N–H and O–H groups in total. The van der Waals surface area contributed by atoms with Crippen molar-refractivity contribution in [2.45, 2.75) is 58.7 Å². The molecule has 4 rings (SSSR count). The highest BCUT2D eigenvalue weighted by molar-refractivity contribution is 5.85. The monoisotopic (exact) mass is 481 g/mol. The molecule has 2 saturated heterocycles. The number of carbonyl (C=O) groups excluding carboxylic acids is 1. The molecule has 6 nitrogen and oxygen atoms in total. The number of nitrogens with zero attached hydrogens (tertiary/aromatic N) is 2. The van der Waals surface area contributed by atoms with Crippen LogP contribution in [0.5, 0.6) is 0 Å². The van der Waals surface area contributed by atoms with Gasteiger partial charge in [-0.2, -0.15) is 5.10 Å². The minimum Gasteiger partial charge on any atom is -0.352 e. The standard InChI is InChI=1S/C24H35N5O.2ClH/c1-17-22(18(2)28-27-17)13-26-24(30)10-6-9-23-21-11-20(12-25-23)15-29(16-21)14-19-7-4-3-5-8-19;;/h3-5,7-8,20-21,23,25H,6,9-16H2,1-2H3,(H,26,30)(H,27,28);2*1H/t20-,21-,23+;;/m0../s1. The molecule has 2 fully saturated rings. The Balaban J connectivity index is 0.00000181. The van der Waals surface area contributed by atoms with E-state index in [2.05, 4.69) is 56.1 Å². The van der Waals surface area contributed by atoms with Gasteiger partial charge in [-0.3, -0.25) is 14.8 Å². The number of benzene rings is 1. The summed E-state index contributed by atoms with van der Waals surface area (Å²) in [5.74, 6) is 1.59. The van der Waals surface area contributed by atoms with E-state index in [1.807, 2.05) is 13.8 Å². The number of amides is 1. The first-order valence-corrected chi connectivity index (χ1v) is 11.3. The Morgan fingerprint density at radius 2 is 1.97 bits per heavy atom. The van der Waals surface area contributed by atoms with E-state index < -0.39 is 0 Å². The number of carbonyl (C=O) groups is 1. The Morgan fingerprint density at radius 1 is 1.19 bits per heavy atom. The van der Waals surface area contributed by atoms with Crippen LogP contribution in [0.1, 0.15) is 48.2 Å². The summed E-state index contributed by atoms with van der Waals surface area (Å²) in [5, 5.41) is 14.0. The lowest BCUT2D eigenvalue weighted by Crippen LogP contribution is -2.55. The number of aromatic nitrogens is 2. The molecule has 8 heteroatoms. The molecule has 2 aromatic rings. The molecule has 0 aliphatic carbocycles. The maximum Gasteiger partial charge on any atom is 0.220 e. The molecule has 32 heavy (non-hydrogen) atoms. The van der Waals surface area contributed by atoms with Gasteiger partial charge in [0.25, 0.3) is 0 Å². The van der Waals surface area contributed by atoms with Gasteiger partial charge in [-0.05, 0) is 57.1 Å². The zero-order valence-corrected chi connectivity index (χ0v) is 20.7. The number of hydrogen-bond donors (Lipinski definition) is 3. The maximum absolute atomic E-state index is 12.3. The third-order valence-electron chi connectivity index (χ3n) is 6.79. The SMILES string of the molecule is Cc1n[nH]c(C)c1CNC(=O)CCC[C@H]1NC[C@@H]2C[C@H]1CN(Cc1ccccc1)C2.Cl.Cl. The highest BCUT2D eigenvalue weighted by atomic mass is 35.5. The van der Waals surface area contributed by atoms with E-state index in [-0.39, 0.29) is 30.7 Å². The number of H-pyrrole nitrogens is 1. The van der Waals surface area contributed by atoms with Crippen molar-refractivity contribution >= 4 is 30.7 Å². The van der Waals surface area contributed by atoms with E-state index in [1.165, 1.54) is 18.5 Å². The van der Waals surface area contributed by atoms with Crippen LogP contribution < -0.4 is 10.6 Å². The number of likely N-dealkylation sites (tertiary alicyclic amines) is 1. The van der Waals surface area contributed by atoms with Gasteiger partial charge in [0.05, 0.1) is 5.69 Å². The van der Waals surface area contributed by atoms with Gasteiger partial charge in [0, 0.05) is 49.9 Å². The van der Waals surface area contributed by atoms with E-state index in [9.17, 15) is 4.79 Å². The lowest BCUT2D eigenvalue weighted by molar-refractivity contribution is -0.121. The summed E-state index contributed by atoms with van der Waals surface area (Å²) in [6, 6.07) is 11.3. The van der Waals surface area contributed by atoms with Gasteiger partial charge in [0.15, 0.2) is 0 Å². The second kappa shape index (κ2) is 12.6. The molecular weight excluding hydrogens is 445 g/mol. The third-order valence-corrected chi connectivity index (χ3v) is 6.79. The van der Waals surface area contributed by atoms with Crippen LogP contribution in [0.25, 0.3) is 0 Å². The third kappa shape index (κ3) is 6.95. The normalized spacial score (nSPS) is 22.5. The van der Waals surface area contributed by atoms with Crippen LogP contribution in [0, 0.1) is 25.7 Å². The second-order valence-electron chi connectivity index (χ2n) is 9.14. The highest BCUT2D eigenvalue weighted by Crippen LogP contribution is 2.31. The number of aromatic amines is 1. The maximum atomic E-state index is 12.3. The van der Waals surface area contributed by atoms with Gasteiger partial charge in [-0.25, -0.2) is 0 Å². The summed E-state index contributed by atoms with van der Waals surface area (Å²) in [6.45, 7) is 9.04. The van der Waals surface area contributed by atoms with Crippen molar-refractivity contribution in [3.63, 3.8) is 0 Å². The summed E-state index contributed by atoms with van der Waals surface area (Å²) in [6.07, 6.45) is 3.94. The molecule has 2 aliphatic rings. The van der Waals surface area contributed by atoms with Crippen LogP contribution in [-0.4, -0.2) is 46.7 Å². The Bertz CT molecular complexity index is 825. The summed E-state index contributed by atoms with van der Waals surface area (Å²) in [7, 11) is 0. The van der Waals surface area contributed by atoms with Gasteiger partial charge >= 0.3 is 0 Å². The Labute approximate surface area is 204 Å². The molecule has 0 unspecified atom stereocenters. The zero-order valence-electron chi connectivity index (χ0n) is 19.1. The first-order valence-electron chi connectivity index (χ1n) is 11.3. The van der Waals surface area contributed by atoms with Crippen LogP contribution in [0.3, 0.4) is 0 Å². The molecule has 3 atom stereocenters. The van der Waals surface area contributed by atoms with Gasteiger partial charge in [0.1, 0.15) is 0 Å². The minimum absolute atomic E-state index is 0. The van der Waals surface area contributed by atoms with Crippen LogP contribution in [-0.2, 0) is 17.9 Å². The molecule has 2 bridgehead atoms. The second-order valence-corrected chi connectivity index (χ2v) is 9.14. The van der Waals surface area contributed by atoms with Gasteiger partial charge < -0.3 is 10.6 Å². The average Bonchev–Trinajstić information content (AvgIpc) is 3.06. The zero-order chi connectivity index (χ0) is 20.9. The van der Waals surface area contributed by atoms with Crippen molar-refractivity contribution in [1.82, 2.24) is 25.7 Å². The Kier molecular flexibility index (Phi) is 10.5. The lowest BCUT2D eigenvalue weighted by atomic mass is 9.79. The molecular formula is C24H37Cl2N5O.